The van der Waals surface area contributed by atoms with E-state index in [1.165, 1.54) is 11.3 Å². The lowest BCUT2D eigenvalue weighted by molar-refractivity contribution is -0.0107. The van der Waals surface area contributed by atoms with Crippen LogP contribution in [0.4, 0.5) is 0 Å². The highest BCUT2D eigenvalue weighted by molar-refractivity contribution is 7.08. The van der Waals surface area contributed by atoms with Crippen molar-refractivity contribution in [3.8, 4) is 0 Å². The van der Waals surface area contributed by atoms with Gasteiger partial charge in [0, 0.05) is 17.8 Å². The van der Waals surface area contributed by atoms with E-state index in [1.807, 2.05) is 31.5 Å². The third kappa shape index (κ3) is 2.78. The van der Waals surface area contributed by atoms with Gasteiger partial charge in [-0.05, 0) is 17.9 Å². The van der Waals surface area contributed by atoms with Crippen LogP contribution in [0, 0.1) is 6.92 Å². The fourth-order valence-corrected chi connectivity index (χ4v) is 3.22. The molecule has 1 saturated heterocycles. The van der Waals surface area contributed by atoms with E-state index in [0.717, 1.165) is 11.1 Å². The first-order valence-electron chi connectivity index (χ1n) is 7.32. The fourth-order valence-electron chi connectivity index (χ4n) is 2.40. The quantitative estimate of drug-likeness (QED) is 0.869. The molecular weight excluding hydrogens is 302 g/mol. The number of rotatable bonds is 3. The second-order valence-electron chi connectivity index (χ2n) is 5.69. The van der Waals surface area contributed by atoms with Gasteiger partial charge < -0.3 is 14.1 Å². The Hall–Kier alpha value is -1.73. The standard InChI is InChI=1S/C15H19N3O3S/c1-9(2)13-16-17-14(21-13)12-6-20-5-4-18(12)15(19)11-8-22-7-10(11)3/h7-9,12H,4-6H2,1-3H3/t12-/m0/s1. The van der Waals surface area contributed by atoms with Gasteiger partial charge in [0.15, 0.2) is 0 Å². The molecule has 1 aliphatic rings. The highest BCUT2D eigenvalue weighted by Crippen LogP contribution is 2.28. The molecule has 6 nitrogen and oxygen atoms in total. The van der Waals surface area contributed by atoms with Crippen LogP contribution in [0.3, 0.4) is 0 Å². The van der Waals surface area contributed by atoms with Crippen LogP contribution in [-0.2, 0) is 4.74 Å². The molecule has 0 unspecified atom stereocenters. The van der Waals surface area contributed by atoms with Crippen LogP contribution in [0.15, 0.2) is 15.2 Å². The van der Waals surface area contributed by atoms with Crippen LogP contribution >= 0.6 is 11.3 Å². The summed E-state index contributed by atoms with van der Waals surface area (Å²) in [6.45, 7) is 7.37. The molecule has 118 valence electrons. The Morgan fingerprint density at radius 1 is 1.41 bits per heavy atom. The molecule has 1 amide bonds. The number of aryl methyl sites for hydroxylation is 1. The normalized spacial score (nSPS) is 18.9. The lowest BCUT2D eigenvalue weighted by atomic mass is 10.1. The molecule has 0 radical (unpaired) electrons. The minimum Gasteiger partial charge on any atom is -0.423 e. The van der Waals surface area contributed by atoms with E-state index in [0.29, 0.717) is 31.5 Å². The highest BCUT2D eigenvalue weighted by atomic mass is 32.1. The number of ether oxygens (including phenoxy) is 1. The number of morpholine rings is 1. The summed E-state index contributed by atoms with van der Waals surface area (Å²) in [6, 6.07) is -0.319. The topological polar surface area (TPSA) is 68.5 Å². The Labute approximate surface area is 133 Å². The summed E-state index contributed by atoms with van der Waals surface area (Å²) >= 11 is 1.53. The predicted octanol–water partition coefficient (Wildman–Crippen LogP) is 2.78. The van der Waals surface area contributed by atoms with Crippen LogP contribution in [0.1, 0.15) is 53.5 Å². The van der Waals surface area contributed by atoms with E-state index in [1.54, 1.807) is 4.90 Å². The van der Waals surface area contributed by atoms with Crippen LogP contribution in [-0.4, -0.2) is 40.8 Å². The van der Waals surface area contributed by atoms with Crippen molar-refractivity contribution in [2.45, 2.75) is 32.7 Å². The van der Waals surface area contributed by atoms with E-state index >= 15 is 0 Å². The van der Waals surface area contributed by atoms with E-state index in [4.69, 9.17) is 9.15 Å². The zero-order valence-corrected chi connectivity index (χ0v) is 13.7. The van der Waals surface area contributed by atoms with E-state index in [-0.39, 0.29) is 17.9 Å². The first kappa shape index (κ1) is 15.2. The van der Waals surface area contributed by atoms with Gasteiger partial charge in [0.1, 0.15) is 6.04 Å². The number of aromatic nitrogens is 2. The van der Waals surface area contributed by atoms with Gasteiger partial charge in [-0.15, -0.1) is 10.2 Å². The van der Waals surface area contributed by atoms with Crippen molar-refractivity contribution in [2.24, 2.45) is 0 Å². The molecule has 3 heterocycles. The Morgan fingerprint density at radius 3 is 2.86 bits per heavy atom. The number of carbonyl (C=O) groups excluding carboxylic acids is 1. The zero-order valence-electron chi connectivity index (χ0n) is 12.9. The monoisotopic (exact) mass is 321 g/mol. The van der Waals surface area contributed by atoms with Crippen molar-refractivity contribution >= 4 is 17.2 Å². The first-order valence-corrected chi connectivity index (χ1v) is 8.27. The summed E-state index contributed by atoms with van der Waals surface area (Å²) in [4.78, 5) is 14.6. The van der Waals surface area contributed by atoms with E-state index < -0.39 is 0 Å². The van der Waals surface area contributed by atoms with Crippen molar-refractivity contribution in [1.29, 1.82) is 0 Å². The molecule has 7 heteroatoms. The maximum absolute atomic E-state index is 12.8. The van der Waals surface area contributed by atoms with Crippen LogP contribution in [0.25, 0.3) is 0 Å². The molecule has 0 bridgehead atoms. The number of nitrogens with zero attached hydrogens (tertiary/aromatic N) is 3. The summed E-state index contributed by atoms with van der Waals surface area (Å²) < 4.78 is 11.2. The van der Waals surface area contributed by atoms with Crippen molar-refractivity contribution in [3.63, 3.8) is 0 Å². The predicted molar refractivity (Wildman–Crippen MR) is 82.0 cm³/mol. The molecular formula is C15H19N3O3S. The largest absolute Gasteiger partial charge is 0.423 e. The van der Waals surface area contributed by atoms with Gasteiger partial charge in [-0.1, -0.05) is 13.8 Å². The van der Waals surface area contributed by atoms with Crippen molar-refractivity contribution in [3.05, 3.63) is 33.7 Å². The smallest absolute Gasteiger partial charge is 0.255 e. The fraction of sp³-hybridized carbons (Fsp3) is 0.533. The minimum absolute atomic E-state index is 0.00338. The molecule has 0 N–H and O–H groups in total. The van der Waals surface area contributed by atoms with E-state index in [9.17, 15) is 4.79 Å². The summed E-state index contributed by atoms with van der Waals surface area (Å²) in [5, 5.41) is 12.0. The van der Waals surface area contributed by atoms with Crippen LogP contribution in [0.5, 0.6) is 0 Å². The SMILES string of the molecule is Cc1cscc1C(=O)N1CCOC[C@H]1c1nnc(C(C)C)o1. The first-order chi connectivity index (χ1) is 10.6. The van der Waals surface area contributed by atoms with Crippen LogP contribution < -0.4 is 0 Å². The van der Waals surface area contributed by atoms with Crippen molar-refractivity contribution in [2.75, 3.05) is 19.8 Å². The number of thiophene rings is 1. The Bertz CT molecular complexity index is 665. The molecule has 1 aliphatic heterocycles. The molecule has 22 heavy (non-hydrogen) atoms. The average molecular weight is 321 g/mol. The molecule has 0 spiro atoms. The van der Waals surface area contributed by atoms with Gasteiger partial charge in [-0.3, -0.25) is 4.79 Å². The second kappa shape index (κ2) is 6.18. The lowest BCUT2D eigenvalue weighted by Crippen LogP contribution is -2.43. The average Bonchev–Trinajstić information content (AvgIpc) is 3.15. The maximum Gasteiger partial charge on any atom is 0.255 e. The Balaban J connectivity index is 1.87. The number of amides is 1. The lowest BCUT2D eigenvalue weighted by Gasteiger charge is -2.33. The number of carbonyl (C=O) groups is 1. The van der Waals surface area contributed by atoms with E-state index in [2.05, 4.69) is 10.2 Å². The summed E-state index contributed by atoms with van der Waals surface area (Å²) in [6.07, 6.45) is 0. The summed E-state index contributed by atoms with van der Waals surface area (Å²) in [5.74, 6) is 1.19. The van der Waals surface area contributed by atoms with Crippen LogP contribution in [0.2, 0.25) is 0 Å². The van der Waals surface area contributed by atoms with Crippen molar-refractivity contribution < 1.29 is 13.9 Å². The minimum atomic E-state index is -0.319. The zero-order chi connectivity index (χ0) is 15.7. The Kier molecular flexibility index (Phi) is 4.26. The van der Waals surface area contributed by atoms with Gasteiger partial charge >= 0.3 is 0 Å². The van der Waals surface area contributed by atoms with Gasteiger partial charge in [0.2, 0.25) is 11.8 Å². The van der Waals surface area contributed by atoms with Gasteiger partial charge in [0.05, 0.1) is 18.8 Å². The Morgan fingerprint density at radius 2 is 2.23 bits per heavy atom. The number of hydrogen-bond acceptors (Lipinski definition) is 6. The summed E-state index contributed by atoms with van der Waals surface area (Å²) in [5.41, 5.74) is 1.73. The molecule has 1 atom stereocenters. The molecule has 0 aromatic carbocycles. The maximum atomic E-state index is 12.8. The van der Waals surface area contributed by atoms with Gasteiger partial charge in [-0.25, -0.2) is 0 Å². The second-order valence-corrected chi connectivity index (χ2v) is 6.43. The highest BCUT2D eigenvalue weighted by Gasteiger charge is 2.34. The third-order valence-corrected chi connectivity index (χ3v) is 4.57. The van der Waals surface area contributed by atoms with Gasteiger partial charge in [-0.2, -0.15) is 11.3 Å². The van der Waals surface area contributed by atoms with Crippen molar-refractivity contribution in [1.82, 2.24) is 15.1 Å². The molecule has 1 fully saturated rings. The third-order valence-electron chi connectivity index (χ3n) is 3.71. The van der Waals surface area contributed by atoms with Gasteiger partial charge in [0.25, 0.3) is 5.91 Å². The molecule has 2 aromatic rings. The summed E-state index contributed by atoms with van der Waals surface area (Å²) in [7, 11) is 0. The number of hydrogen-bond donors (Lipinski definition) is 0. The molecule has 2 aromatic heterocycles. The molecule has 0 saturated carbocycles. The molecule has 0 aliphatic carbocycles. The molecule has 3 rings (SSSR count).